The maximum absolute atomic E-state index is 12.2. The zero-order valence-corrected chi connectivity index (χ0v) is 27.5. The monoisotopic (exact) mass is 604 g/mol. The Bertz CT molecular complexity index is 1320. The van der Waals surface area contributed by atoms with E-state index in [9.17, 15) is 14.7 Å². The zero-order chi connectivity index (χ0) is 31.6. The minimum Gasteiger partial charge on any atom is -0.480 e. The van der Waals surface area contributed by atoms with Crippen LogP contribution in [0, 0.1) is 0 Å². The molecule has 0 aliphatic rings. The summed E-state index contributed by atoms with van der Waals surface area (Å²) in [5, 5.41) is 12.2. The Hall–Kier alpha value is -3.45. The molecule has 0 bridgehead atoms. The largest absolute Gasteiger partial charge is 0.480 e. The van der Waals surface area contributed by atoms with E-state index in [1.54, 1.807) is 20.8 Å². The smallest absolute Gasteiger partial charge is 0.408 e. The van der Waals surface area contributed by atoms with Crippen LogP contribution in [0.4, 0.5) is 10.5 Å². The van der Waals surface area contributed by atoms with Gasteiger partial charge in [0.05, 0.1) is 0 Å². The number of carboxylic acid groups (broad SMARTS) is 1. The highest BCUT2D eigenvalue weighted by atomic mass is 32.2. The fraction of sp³-hybridized carbons (Fsp3) is 0.444. The SMILES string of the molecule is CCC(CC)c1ccc(N(Cc2cc(-c3ccccc3)ccc2CSC[C@H](NC(=O)OC(C)(C)C)C(=O)O)C(C)C)cc1. The third-order valence-electron chi connectivity index (χ3n) is 7.49. The number of benzene rings is 3. The van der Waals surface area contributed by atoms with E-state index in [1.165, 1.54) is 28.6 Å². The van der Waals surface area contributed by atoms with E-state index in [2.05, 4.69) is 92.5 Å². The van der Waals surface area contributed by atoms with Gasteiger partial charge in [-0.25, -0.2) is 9.59 Å². The van der Waals surface area contributed by atoms with Gasteiger partial charge in [0, 0.05) is 29.8 Å². The molecule has 3 aromatic carbocycles. The fourth-order valence-corrected chi connectivity index (χ4v) is 6.17. The molecule has 1 atom stereocenters. The Morgan fingerprint density at radius 3 is 2.12 bits per heavy atom. The summed E-state index contributed by atoms with van der Waals surface area (Å²) >= 11 is 1.49. The molecule has 43 heavy (non-hydrogen) atoms. The molecule has 0 saturated carbocycles. The predicted octanol–water partition coefficient (Wildman–Crippen LogP) is 8.88. The first-order chi connectivity index (χ1) is 20.4. The lowest BCUT2D eigenvalue weighted by Gasteiger charge is -2.31. The molecule has 232 valence electrons. The minimum absolute atomic E-state index is 0.222. The number of aliphatic carboxylic acids is 1. The van der Waals surface area contributed by atoms with Gasteiger partial charge in [0.25, 0.3) is 0 Å². The van der Waals surface area contributed by atoms with Gasteiger partial charge in [0.1, 0.15) is 11.6 Å². The Labute approximate surface area is 262 Å². The average Bonchev–Trinajstić information content (AvgIpc) is 2.96. The van der Waals surface area contributed by atoms with Crippen molar-refractivity contribution in [3.05, 3.63) is 89.5 Å². The number of hydrogen-bond acceptors (Lipinski definition) is 5. The number of thioether (sulfide) groups is 1. The Kier molecular flexibility index (Phi) is 12.6. The van der Waals surface area contributed by atoms with Gasteiger partial charge in [0.2, 0.25) is 0 Å². The maximum Gasteiger partial charge on any atom is 0.408 e. The van der Waals surface area contributed by atoms with Crippen LogP contribution in [0.3, 0.4) is 0 Å². The van der Waals surface area contributed by atoms with Crippen molar-refractivity contribution in [2.24, 2.45) is 0 Å². The maximum atomic E-state index is 12.2. The highest BCUT2D eigenvalue weighted by Crippen LogP contribution is 2.30. The van der Waals surface area contributed by atoms with Crippen molar-refractivity contribution in [1.29, 1.82) is 0 Å². The van der Waals surface area contributed by atoms with Crippen LogP contribution in [0.2, 0.25) is 0 Å². The Morgan fingerprint density at radius 1 is 0.907 bits per heavy atom. The molecule has 0 aliphatic carbocycles. The van der Waals surface area contributed by atoms with Gasteiger partial charge in [-0.3, -0.25) is 0 Å². The summed E-state index contributed by atoms with van der Waals surface area (Å²) in [5.74, 6) is 0.330. The molecule has 0 aliphatic heterocycles. The van der Waals surface area contributed by atoms with Crippen LogP contribution in [0.15, 0.2) is 72.8 Å². The van der Waals surface area contributed by atoms with Crippen molar-refractivity contribution >= 4 is 29.5 Å². The van der Waals surface area contributed by atoms with Gasteiger partial charge in [-0.05, 0) is 99.4 Å². The number of carboxylic acids is 1. The molecule has 1 amide bonds. The van der Waals surface area contributed by atoms with Crippen LogP contribution < -0.4 is 10.2 Å². The Morgan fingerprint density at radius 2 is 1.56 bits per heavy atom. The standard InChI is InChI=1S/C36H48N2O4S/c1-8-26(9-2)28-17-19-32(20-18-28)38(25(3)4)22-31-21-29(27-13-11-10-12-14-27)15-16-30(31)23-43-24-33(34(39)40)37-35(41)42-36(5,6)7/h10-21,25-26,33H,8-9,22-24H2,1-7H3,(H,37,41)(H,39,40)/t33-/m0/s1. The molecule has 3 aromatic rings. The summed E-state index contributed by atoms with van der Waals surface area (Å²) in [4.78, 5) is 26.6. The van der Waals surface area contributed by atoms with Crippen LogP contribution in [0.1, 0.15) is 83.9 Å². The lowest BCUT2D eigenvalue weighted by Crippen LogP contribution is -2.44. The lowest BCUT2D eigenvalue weighted by molar-refractivity contribution is -0.138. The van der Waals surface area contributed by atoms with Crippen molar-refractivity contribution < 1.29 is 19.4 Å². The van der Waals surface area contributed by atoms with E-state index in [0.29, 0.717) is 11.7 Å². The van der Waals surface area contributed by atoms with Crippen LogP contribution in [0.5, 0.6) is 0 Å². The summed E-state index contributed by atoms with van der Waals surface area (Å²) in [5.41, 5.74) is 6.50. The van der Waals surface area contributed by atoms with Gasteiger partial charge >= 0.3 is 12.1 Å². The molecular formula is C36H48N2O4S. The Balaban J connectivity index is 1.85. The topological polar surface area (TPSA) is 78.9 Å². The normalized spacial score (nSPS) is 12.3. The number of nitrogens with zero attached hydrogens (tertiary/aromatic N) is 1. The van der Waals surface area contributed by atoms with E-state index < -0.39 is 23.7 Å². The van der Waals surface area contributed by atoms with E-state index in [0.717, 1.165) is 36.1 Å². The molecular weight excluding hydrogens is 556 g/mol. The first-order valence-corrected chi connectivity index (χ1v) is 16.4. The van der Waals surface area contributed by atoms with Crippen molar-refractivity contribution in [3.63, 3.8) is 0 Å². The quantitative estimate of drug-likeness (QED) is 0.191. The molecule has 0 radical (unpaired) electrons. The summed E-state index contributed by atoms with van der Waals surface area (Å²) < 4.78 is 5.27. The van der Waals surface area contributed by atoms with Crippen LogP contribution in [-0.4, -0.2) is 40.6 Å². The molecule has 0 spiro atoms. The second-order valence-corrected chi connectivity index (χ2v) is 13.3. The second-order valence-electron chi connectivity index (χ2n) is 12.2. The van der Waals surface area contributed by atoms with Gasteiger partial charge in [-0.15, -0.1) is 0 Å². The fourth-order valence-electron chi connectivity index (χ4n) is 5.09. The third kappa shape index (κ3) is 10.3. The highest BCUT2D eigenvalue weighted by Gasteiger charge is 2.24. The summed E-state index contributed by atoms with van der Waals surface area (Å²) in [6.07, 6.45) is 1.54. The van der Waals surface area contributed by atoms with Crippen LogP contribution in [0.25, 0.3) is 11.1 Å². The van der Waals surface area contributed by atoms with E-state index >= 15 is 0 Å². The summed E-state index contributed by atoms with van der Waals surface area (Å²) in [6.45, 7) is 14.9. The van der Waals surface area contributed by atoms with Crippen molar-refractivity contribution in [3.8, 4) is 11.1 Å². The molecule has 7 heteroatoms. The number of anilines is 1. The molecule has 0 aromatic heterocycles. The zero-order valence-electron chi connectivity index (χ0n) is 26.7. The van der Waals surface area contributed by atoms with Crippen molar-refractivity contribution in [2.75, 3.05) is 10.7 Å². The molecule has 3 rings (SSSR count). The van der Waals surface area contributed by atoms with Gasteiger partial charge in [0.15, 0.2) is 0 Å². The molecule has 0 fully saturated rings. The molecule has 2 N–H and O–H groups in total. The van der Waals surface area contributed by atoms with Gasteiger partial charge in [-0.1, -0.05) is 68.4 Å². The number of rotatable bonds is 14. The summed E-state index contributed by atoms with van der Waals surface area (Å²) in [6, 6.07) is 25.1. The van der Waals surface area contributed by atoms with Gasteiger partial charge < -0.3 is 20.1 Å². The number of amides is 1. The lowest BCUT2D eigenvalue weighted by atomic mass is 9.93. The number of alkyl carbamates (subject to hydrolysis) is 1. The second kappa shape index (κ2) is 15.9. The van der Waals surface area contributed by atoms with E-state index in [-0.39, 0.29) is 11.8 Å². The molecule has 0 unspecified atom stereocenters. The molecule has 0 saturated heterocycles. The predicted molar refractivity (Wildman–Crippen MR) is 180 cm³/mol. The van der Waals surface area contributed by atoms with E-state index in [1.807, 2.05) is 18.2 Å². The number of nitrogens with one attached hydrogen (secondary N) is 1. The molecule has 6 nitrogen and oxygen atoms in total. The first kappa shape index (κ1) is 34.0. The van der Waals surface area contributed by atoms with Crippen molar-refractivity contribution in [2.45, 2.75) is 97.2 Å². The number of hydrogen-bond donors (Lipinski definition) is 2. The van der Waals surface area contributed by atoms with Crippen LogP contribution in [-0.2, 0) is 21.8 Å². The minimum atomic E-state index is -1.08. The average molecular weight is 605 g/mol. The van der Waals surface area contributed by atoms with Crippen LogP contribution >= 0.6 is 11.8 Å². The summed E-state index contributed by atoms with van der Waals surface area (Å²) in [7, 11) is 0. The highest BCUT2D eigenvalue weighted by molar-refractivity contribution is 7.98. The number of carbonyl (C=O) groups excluding carboxylic acids is 1. The number of carbonyl (C=O) groups is 2. The third-order valence-corrected chi connectivity index (χ3v) is 8.57. The van der Waals surface area contributed by atoms with Crippen molar-refractivity contribution in [1.82, 2.24) is 5.32 Å². The molecule has 0 heterocycles. The first-order valence-electron chi connectivity index (χ1n) is 15.3. The van der Waals surface area contributed by atoms with E-state index in [4.69, 9.17) is 4.74 Å². The number of ether oxygens (including phenoxy) is 1. The van der Waals surface area contributed by atoms with Gasteiger partial charge in [-0.2, -0.15) is 11.8 Å².